The summed E-state index contributed by atoms with van der Waals surface area (Å²) < 4.78 is 0. The monoisotopic (exact) mass is 322 g/mol. The number of benzene rings is 2. The highest BCUT2D eigenvalue weighted by Crippen LogP contribution is 2.29. The van der Waals surface area contributed by atoms with Crippen molar-refractivity contribution in [2.24, 2.45) is 0 Å². The van der Waals surface area contributed by atoms with Gasteiger partial charge in [0.2, 0.25) is 5.91 Å². The van der Waals surface area contributed by atoms with Crippen LogP contribution in [-0.4, -0.2) is 37.0 Å². The van der Waals surface area contributed by atoms with E-state index in [-0.39, 0.29) is 11.8 Å². The molecule has 1 saturated heterocycles. The van der Waals surface area contributed by atoms with E-state index in [1.54, 1.807) is 0 Å². The molecule has 1 N–H and O–H groups in total. The average molecular weight is 322 g/mol. The number of hydrogen-bond acceptors (Lipinski definition) is 2. The first-order valence-electron chi connectivity index (χ1n) is 8.93. The third kappa shape index (κ3) is 4.45. The summed E-state index contributed by atoms with van der Waals surface area (Å²) in [4.78, 5) is 14.6. The second-order valence-corrected chi connectivity index (χ2v) is 6.40. The molecule has 2 aromatic rings. The molecule has 0 saturated carbocycles. The van der Waals surface area contributed by atoms with E-state index in [1.807, 2.05) is 17.0 Å². The molecule has 0 atom stereocenters. The van der Waals surface area contributed by atoms with Crippen molar-refractivity contribution in [3.63, 3.8) is 0 Å². The Morgan fingerprint density at radius 1 is 0.917 bits per heavy atom. The van der Waals surface area contributed by atoms with Crippen LogP contribution in [0.5, 0.6) is 0 Å². The van der Waals surface area contributed by atoms with Gasteiger partial charge in [-0.05, 0) is 30.5 Å². The lowest BCUT2D eigenvalue weighted by atomic mass is 9.87. The highest BCUT2D eigenvalue weighted by atomic mass is 16.2. The van der Waals surface area contributed by atoms with Crippen molar-refractivity contribution in [2.75, 3.05) is 26.2 Å². The zero-order valence-electron chi connectivity index (χ0n) is 14.2. The predicted molar refractivity (Wildman–Crippen MR) is 98.0 cm³/mol. The van der Waals surface area contributed by atoms with Crippen LogP contribution in [0, 0.1) is 0 Å². The maximum absolute atomic E-state index is 12.6. The number of carbonyl (C=O) groups is 1. The lowest BCUT2D eigenvalue weighted by Gasteiger charge is -2.22. The van der Waals surface area contributed by atoms with Crippen molar-refractivity contribution in [1.82, 2.24) is 10.2 Å². The molecule has 0 spiro atoms. The molecule has 126 valence electrons. The Morgan fingerprint density at radius 3 is 2.17 bits per heavy atom. The van der Waals surface area contributed by atoms with Crippen molar-refractivity contribution >= 4 is 5.91 Å². The first-order chi connectivity index (χ1) is 11.8. The molecule has 3 heteroatoms. The molecule has 0 radical (unpaired) electrons. The summed E-state index contributed by atoms with van der Waals surface area (Å²) in [6, 6.07) is 21.1. The maximum atomic E-state index is 12.6. The van der Waals surface area contributed by atoms with Gasteiger partial charge in [-0.1, -0.05) is 60.7 Å². The highest BCUT2D eigenvalue weighted by Gasteiger charge is 2.19. The van der Waals surface area contributed by atoms with Gasteiger partial charge >= 0.3 is 0 Å². The average Bonchev–Trinajstić information content (AvgIpc) is 2.93. The Hall–Kier alpha value is -2.13. The van der Waals surface area contributed by atoms with Gasteiger partial charge in [-0.25, -0.2) is 0 Å². The van der Waals surface area contributed by atoms with Gasteiger partial charge in [0.15, 0.2) is 0 Å². The molecule has 1 fully saturated rings. The summed E-state index contributed by atoms with van der Waals surface area (Å²) in [7, 11) is 0. The third-order valence-corrected chi connectivity index (χ3v) is 4.74. The topological polar surface area (TPSA) is 32.3 Å². The molecule has 2 aromatic carbocycles. The van der Waals surface area contributed by atoms with E-state index >= 15 is 0 Å². The number of nitrogens with one attached hydrogen (secondary N) is 1. The van der Waals surface area contributed by atoms with Crippen LogP contribution >= 0.6 is 0 Å². The summed E-state index contributed by atoms with van der Waals surface area (Å²) in [5, 5.41) is 3.35. The van der Waals surface area contributed by atoms with E-state index in [0.717, 1.165) is 39.0 Å². The number of carbonyl (C=O) groups excluding carboxylic acids is 1. The van der Waals surface area contributed by atoms with Gasteiger partial charge < -0.3 is 10.2 Å². The fourth-order valence-corrected chi connectivity index (χ4v) is 3.42. The van der Waals surface area contributed by atoms with Crippen LogP contribution in [0.4, 0.5) is 0 Å². The van der Waals surface area contributed by atoms with Crippen molar-refractivity contribution in [2.45, 2.75) is 25.2 Å². The van der Waals surface area contributed by atoms with Gasteiger partial charge in [-0.2, -0.15) is 0 Å². The maximum Gasteiger partial charge on any atom is 0.222 e. The Bertz CT molecular complexity index is 579. The van der Waals surface area contributed by atoms with Crippen LogP contribution < -0.4 is 5.32 Å². The van der Waals surface area contributed by atoms with Crippen LogP contribution in [-0.2, 0) is 4.79 Å². The van der Waals surface area contributed by atoms with Crippen LogP contribution in [0.2, 0.25) is 0 Å². The lowest BCUT2D eigenvalue weighted by Crippen LogP contribution is -2.34. The first-order valence-corrected chi connectivity index (χ1v) is 8.93. The van der Waals surface area contributed by atoms with E-state index < -0.39 is 0 Å². The zero-order chi connectivity index (χ0) is 16.6. The van der Waals surface area contributed by atoms with Crippen LogP contribution in [0.3, 0.4) is 0 Å². The van der Waals surface area contributed by atoms with Crippen molar-refractivity contribution in [1.29, 1.82) is 0 Å². The van der Waals surface area contributed by atoms with Gasteiger partial charge in [-0.3, -0.25) is 4.79 Å². The molecule has 1 amide bonds. The summed E-state index contributed by atoms with van der Waals surface area (Å²) in [6.45, 7) is 3.64. The fraction of sp³-hybridized carbons (Fsp3) is 0.381. The fourth-order valence-electron chi connectivity index (χ4n) is 3.42. The second-order valence-electron chi connectivity index (χ2n) is 6.40. The van der Waals surface area contributed by atoms with E-state index in [4.69, 9.17) is 0 Å². The number of hydrogen-bond donors (Lipinski definition) is 1. The third-order valence-electron chi connectivity index (χ3n) is 4.74. The molecule has 0 bridgehead atoms. The number of rotatable bonds is 5. The Balaban J connectivity index is 1.69. The van der Waals surface area contributed by atoms with Gasteiger partial charge in [0.05, 0.1) is 0 Å². The summed E-state index contributed by atoms with van der Waals surface area (Å²) in [6.07, 6.45) is 2.51. The van der Waals surface area contributed by atoms with Gasteiger partial charge in [0.25, 0.3) is 0 Å². The van der Waals surface area contributed by atoms with E-state index in [0.29, 0.717) is 6.42 Å². The van der Waals surface area contributed by atoms with Crippen molar-refractivity contribution in [3.05, 3.63) is 71.8 Å². The minimum absolute atomic E-state index is 0.279. The second kappa shape index (κ2) is 8.65. The smallest absolute Gasteiger partial charge is 0.222 e. The molecule has 0 unspecified atom stereocenters. The molecule has 1 aliphatic heterocycles. The summed E-state index contributed by atoms with van der Waals surface area (Å²) in [5.74, 6) is 0.567. The zero-order valence-corrected chi connectivity index (χ0v) is 14.2. The van der Waals surface area contributed by atoms with E-state index in [2.05, 4.69) is 53.8 Å². The van der Waals surface area contributed by atoms with Crippen molar-refractivity contribution in [3.8, 4) is 0 Å². The molecular weight excluding hydrogens is 296 g/mol. The SMILES string of the molecule is O=C(CCC(c1ccccc1)c1ccccc1)N1CCCNCC1. The molecule has 24 heavy (non-hydrogen) atoms. The molecule has 3 rings (SSSR count). The van der Waals surface area contributed by atoms with E-state index in [1.165, 1.54) is 11.1 Å². The lowest BCUT2D eigenvalue weighted by molar-refractivity contribution is -0.131. The summed E-state index contributed by atoms with van der Waals surface area (Å²) in [5.41, 5.74) is 2.57. The largest absolute Gasteiger partial charge is 0.341 e. The van der Waals surface area contributed by atoms with Crippen LogP contribution in [0.25, 0.3) is 0 Å². The van der Waals surface area contributed by atoms with E-state index in [9.17, 15) is 4.79 Å². The number of nitrogens with zero attached hydrogens (tertiary/aromatic N) is 1. The Labute approximate surface area is 144 Å². The quantitative estimate of drug-likeness (QED) is 0.915. The first kappa shape index (κ1) is 16.7. The van der Waals surface area contributed by atoms with Gasteiger partial charge in [0, 0.05) is 32.0 Å². The molecule has 3 nitrogen and oxygen atoms in total. The Morgan fingerprint density at radius 2 is 1.54 bits per heavy atom. The summed E-state index contributed by atoms with van der Waals surface area (Å²) >= 11 is 0. The van der Waals surface area contributed by atoms with Crippen LogP contribution in [0.1, 0.15) is 36.3 Å². The minimum Gasteiger partial charge on any atom is -0.341 e. The predicted octanol–water partition coefficient (Wildman–Crippen LogP) is 3.42. The molecule has 0 aliphatic carbocycles. The minimum atomic E-state index is 0.279. The van der Waals surface area contributed by atoms with Crippen molar-refractivity contribution < 1.29 is 4.79 Å². The van der Waals surface area contributed by atoms with Crippen LogP contribution in [0.15, 0.2) is 60.7 Å². The normalized spacial score (nSPS) is 15.3. The standard InChI is InChI=1S/C21H26N2O/c24-21(23-16-7-14-22-15-17-23)13-12-20(18-8-3-1-4-9-18)19-10-5-2-6-11-19/h1-6,8-11,20,22H,7,12-17H2. The number of amides is 1. The molecule has 1 aliphatic rings. The highest BCUT2D eigenvalue weighted by molar-refractivity contribution is 5.76. The molecule has 0 aromatic heterocycles. The van der Waals surface area contributed by atoms with Gasteiger partial charge in [-0.15, -0.1) is 0 Å². The molecular formula is C21H26N2O. The molecule has 1 heterocycles. The Kier molecular flexibility index (Phi) is 6.02. The van der Waals surface area contributed by atoms with Gasteiger partial charge in [0.1, 0.15) is 0 Å².